The lowest BCUT2D eigenvalue weighted by Gasteiger charge is -1.95. The first-order chi connectivity index (χ1) is 7.29. The molecule has 0 aliphatic heterocycles. The molecule has 0 fully saturated rings. The minimum Gasteiger partial charge on any atom is -0.258 e. The van der Waals surface area contributed by atoms with Gasteiger partial charge in [-0.15, -0.1) is 0 Å². The molecule has 1 rings (SSSR count). The van der Waals surface area contributed by atoms with Gasteiger partial charge in [0.05, 0.1) is 11.2 Å². The fourth-order valence-electron chi connectivity index (χ4n) is 0.915. The fraction of sp³-hybridized carbons (Fsp3) is 0.111. The number of nitro benzene ring substituents is 1. The normalized spacial score (nSPS) is 10.4. The highest BCUT2D eigenvalue weighted by Crippen LogP contribution is 2.21. The van der Waals surface area contributed by atoms with Crippen molar-refractivity contribution in [1.29, 1.82) is 0 Å². The third-order valence-electron chi connectivity index (χ3n) is 1.53. The van der Waals surface area contributed by atoms with Crippen molar-refractivity contribution in [2.45, 2.75) is 0 Å². The number of hydrogen-bond donors (Lipinski definition) is 0. The van der Waals surface area contributed by atoms with E-state index >= 15 is 0 Å². The number of rotatable bonds is 1. The summed E-state index contributed by atoms with van der Waals surface area (Å²) in [6.45, 7) is 0. The molecule has 0 aliphatic rings. The summed E-state index contributed by atoms with van der Waals surface area (Å²) in [5.74, 6) is 2.27. The zero-order valence-electron chi connectivity index (χ0n) is 8.10. The van der Waals surface area contributed by atoms with Gasteiger partial charge >= 0.3 is 0 Å². The Bertz CT molecular complexity index is 598. The van der Waals surface area contributed by atoms with E-state index < -0.39 is 14.8 Å². The summed E-state index contributed by atoms with van der Waals surface area (Å²) < 4.78 is 22.2. The second-order valence-corrected chi connectivity index (χ2v) is 5.58. The third-order valence-corrected chi connectivity index (χ3v) is 2.49. The van der Waals surface area contributed by atoms with Gasteiger partial charge in [0, 0.05) is 15.8 Å². The smallest absolute Gasteiger partial charge is 0.258 e. The Morgan fingerprint density at radius 2 is 2.06 bits per heavy atom. The zero-order valence-corrected chi connectivity index (χ0v) is 10.5. The van der Waals surface area contributed by atoms with Crippen LogP contribution < -0.4 is 0 Å². The lowest BCUT2D eigenvalue weighted by Crippen LogP contribution is -1.93. The summed E-state index contributed by atoms with van der Waals surface area (Å²) in [5.41, 5.74) is -0.163. The van der Waals surface area contributed by atoms with E-state index in [1.807, 2.05) is 5.25 Å². The van der Waals surface area contributed by atoms with Crippen molar-refractivity contribution in [2.75, 3.05) is 6.26 Å². The summed E-state index contributed by atoms with van der Waals surface area (Å²) in [5, 5.41) is 12.6. The van der Waals surface area contributed by atoms with Gasteiger partial charge in [0.25, 0.3) is 5.69 Å². The van der Waals surface area contributed by atoms with Crippen molar-refractivity contribution in [3.63, 3.8) is 0 Å². The maximum Gasteiger partial charge on any atom is 0.285 e. The van der Waals surface area contributed by atoms with E-state index in [0.29, 0.717) is 4.47 Å². The predicted molar refractivity (Wildman–Crippen MR) is 62.5 cm³/mol. The largest absolute Gasteiger partial charge is 0.285 e. The summed E-state index contributed by atoms with van der Waals surface area (Å²) in [4.78, 5) is 10.0. The van der Waals surface area contributed by atoms with Crippen LogP contribution in [0.25, 0.3) is 0 Å². The van der Waals surface area contributed by atoms with Gasteiger partial charge in [0.15, 0.2) is 0 Å². The Morgan fingerprint density at radius 1 is 1.44 bits per heavy atom. The van der Waals surface area contributed by atoms with Gasteiger partial charge in [-0.1, -0.05) is 15.9 Å². The van der Waals surface area contributed by atoms with E-state index in [0.717, 1.165) is 6.26 Å². The van der Waals surface area contributed by atoms with Crippen LogP contribution in [0.15, 0.2) is 22.7 Å². The first-order valence-electron chi connectivity index (χ1n) is 3.96. The van der Waals surface area contributed by atoms with E-state index in [4.69, 9.17) is 0 Å². The van der Waals surface area contributed by atoms with E-state index in [9.17, 15) is 18.5 Å². The number of nitro groups is 1. The van der Waals surface area contributed by atoms with E-state index in [2.05, 4.69) is 21.9 Å². The van der Waals surface area contributed by atoms with Crippen LogP contribution in [0.5, 0.6) is 0 Å². The van der Waals surface area contributed by atoms with E-state index in [1.54, 1.807) is 0 Å². The van der Waals surface area contributed by atoms with Crippen LogP contribution in [-0.2, 0) is 9.84 Å². The number of halogens is 1. The van der Waals surface area contributed by atoms with Gasteiger partial charge in [0.2, 0.25) is 9.84 Å². The number of sulfone groups is 1. The van der Waals surface area contributed by atoms with Crippen LogP contribution >= 0.6 is 15.9 Å². The Kier molecular flexibility index (Phi) is 3.67. The molecule has 0 N–H and O–H groups in total. The highest BCUT2D eigenvalue weighted by molar-refractivity contribution is 9.10. The first-order valence-corrected chi connectivity index (χ1v) is 6.65. The lowest BCUT2D eigenvalue weighted by atomic mass is 10.2. The van der Waals surface area contributed by atoms with Gasteiger partial charge < -0.3 is 0 Å². The number of hydrogen-bond acceptors (Lipinski definition) is 4. The molecule has 0 aromatic heterocycles. The van der Waals surface area contributed by atoms with Crippen LogP contribution in [0, 0.1) is 21.3 Å². The summed E-state index contributed by atoms with van der Waals surface area (Å²) in [6, 6.07) is 4.15. The molecule has 0 aliphatic carbocycles. The highest BCUT2D eigenvalue weighted by atomic mass is 79.9. The zero-order chi connectivity index (χ0) is 12.3. The standard InChI is InChI=1S/C9H6BrNO4S/c1-16(14,15)5-4-7-6-8(10)2-3-9(7)11(12)13/h2-3,6H,1H3. The molecule has 5 nitrogen and oxygen atoms in total. The molecule has 7 heteroatoms. The third kappa shape index (κ3) is 3.64. The Morgan fingerprint density at radius 3 is 2.56 bits per heavy atom. The molecule has 1 aromatic carbocycles. The predicted octanol–water partition coefficient (Wildman–Crippen LogP) is 1.71. The monoisotopic (exact) mass is 303 g/mol. The first kappa shape index (κ1) is 12.7. The lowest BCUT2D eigenvalue weighted by molar-refractivity contribution is -0.385. The molecule has 0 heterocycles. The molecule has 0 unspecified atom stereocenters. The Hall–Kier alpha value is -1.39. The summed E-state index contributed by atoms with van der Waals surface area (Å²) in [6.07, 6.45) is 0.934. The van der Waals surface area contributed by atoms with E-state index in [-0.39, 0.29) is 11.3 Å². The molecule has 0 spiro atoms. The van der Waals surface area contributed by atoms with Gasteiger partial charge in [0.1, 0.15) is 5.56 Å². The van der Waals surface area contributed by atoms with Crippen LogP contribution in [0.4, 0.5) is 5.69 Å². The maximum atomic E-state index is 10.8. The van der Waals surface area contributed by atoms with Gasteiger partial charge in [-0.3, -0.25) is 10.1 Å². The van der Waals surface area contributed by atoms with Crippen molar-refractivity contribution in [1.82, 2.24) is 0 Å². The van der Waals surface area contributed by atoms with Crippen molar-refractivity contribution < 1.29 is 13.3 Å². The maximum absolute atomic E-state index is 10.8. The second-order valence-electron chi connectivity index (χ2n) is 2.92. The van der Waals surface area contributed by atoms with Crippen molar-refractivity contribution in [2.24, 2.45) is 0 Å². The molecule has 0 saturated heterocycles. The Labute approximate surface area is 101 Å². The van der Waals surface area contributed by atoms with Crippen molar-refractivity contribution in [3.05, 3.63) is 38.3 Å². The van der Waals surface area contributed by atoms with E-state index in [1.165, 1.54) is 18.2 Å². The average Bonchev–Trinajstić information content (AvgIpc) is 2.13. The minimum atomic E-state index is -3.48. The molecular weight excluding hydrogens is 298 g/mol. The van der Waals surface area contributed by atoms with Crippen molar-refractivity contribution >= 4 is 31.5 Å². The number of nitrogens with zero attached hydrogens (tertiary/aromatic N) is 1. The van der Waals surface area contributed by atoms with Gasteiger partial charge in [-0.25, -0.2) is 8.42 Å². The Balaban J connectivity index is 3.35. The fourth-order valence-corrected chi connectivity index (χ4v) is 1.57. The quantitative estimate of drug-likeness (QED) is 0.449. The minimum absolute atomic E-state index is 0.0600. The van der Waals surface area contributed by atoms with Gasteiger partial charge in [-0.2, -0.15) is 0 Å². The topological polar surface area (TPSA) is 77.3 Å². The summed E-state index contributed by atoms with van der Waals surface area (Å²) in [7, 11) is -3.48. The van der Waals surface area contributed by atoms with Crippen LogP contribution in [0.2, 0.25) is 0 Å². The van der Waals surface area contributed by atoms with Crippen LogP contribution in [0.1, 0.15) is 5.56 Å². The molecule has 0 radical (unpaired) electrons. The number of benzene rings is 1. The molecule has 16 heavy (non-hydrogen) atoms. The average molecular weight is 304 g/mol. The molecule has 0 atom stereocenters. The molecule has 0 bridgehead atoms. The molecule has 84 valence electrons. The van der Waals surface area contributed by atoms with Gasteiger partial charge in [-0.05, 0) is 18.1 Å². The summed E-state index contributed by atoms with van der Waals surface area (Å²) >= 11 is 3.13. The molecule has 0 saturated carbocycles. The second kappa shape index (κ2) is 4.63. The van der Waals surface area contributed by atoms with Crippen molar-refractivity contribution in [3.8, 4) is 11.2 Å². The molecular formula is C9H6BrNO4S. The molecule has 0 amide bonds. The van der Waals surface area contributed by atoms with Crippen LogP contribution in [-0.4, -0.2) is 19.6 Å². The SMILES string of the molecule is CS(=O)(=O)C#Cc1cc(Br)ccc1[N+](=O)[O-]. The van der Waals surface area contributed by atoms with Crippen LogP contribution in [0.3, 0.4) is 0 Å². The highest BCUT2D eigenvalue weighted by Gasteiger charge is 2.11. The molecule has 1 aromatic rings.